The van der Waals surface area contributed by atoms with Crippen LogP contribution in [0.5, 0.6) is 5.75 Å². The van der Waals surface area contributed by atoms with E-state index in [1.165, 1.54) is 6.08 Å². The predicted octanol–water partition coefficient (Wildman–Crippen LogP) is 0.659. The lowest BCUT2D eigenvalue weighted by Crippen LogP contribution is -2.41. The van der Waals surface area contributed by atoms with Crippen molar-refractivity contribution in [3.63, 3.8) is 0 Å². The highest BCUT2D eigenvalue weighted by atomic mass is 16.5. The van der Waals surface area contributed by atoms with Crippen LogP contribution in [0.15, 0.2) is 36.9 Å². The molecule has 0 atom stereocenters. The summed E-state index contributed by atoms with van der Waals surface area (Å²) in [6, 6.07) is 6.08. The van der Waals surface area contributed by atoms with Gasteiger partial charge in [0, 0.05) is 18.3 Å². The summed E-state index contributed by atoms with van der Waals surface area (Å²) >= 11 is 0. The van der Waals surface area contributed by atoms with E-state index in [1.807, 2.05) is 0 Å². The van der Waals surface area contributed by atoms with Crippen molar-refractivity contribution in [2.45, 2.75) is 0 Å². The van der Waals surface area contributed by atoms with Crippen LogP contribution in [-0.4, -0.2) is 25.1 Å². The largest absolute Gasteiger partial charge is 0.484 e. The van der Waals surface area contributed by atoms with Gasteiger partial charge in [0.05, 0.1) is 0 Å². The molecule has 0 aliphatic carbocycles. The van der Waals surface area contributed by atoms with Gasteiger partial charge in [-0.3, -0.25) is 10.1 Å². The van der Waals surface area contributed by atoms with Gasteiger partial charge >= 0.3 is 6.03 Å². The number of urea groups is 1. The molecule has 0 heterocycles. The summed E-state index contributed by atoms with van der Waals surface area (Å²) in [5.74, 6) is -0.0735. The van der Waals surface area contributed by atoms with Gasteiger partial charge in [-0.25, -0.2) is 4.79 Å². The number of rotatable bonds is 5. The summed E-state index contributed by atoms with van der Waals surface area (Å²) in [4.78, 5) is 22.4. The quantitative estimate of drug-likeness (QED) is 0.528. The van der Waals surface area contributed by atoms with E-state index in [-0.39, 0.29) is 13.2 Å². The van der Waals surface area contributed by atoms with Crippen molar-refractivity contribution in [2.24, 2.45) is 0 Å². The number of nitrogen functional groups attached to an aromatic ring is 1. The van der Waals surface area contributed by atoms with Crippen LogP contribution in [0.2, 0.25) is 0 Å². The fourth-order valence-corrected chi connectivity index (χ4v) is 1.12. The monoisotopic (exact) mass is 249 g/mol. The minimum absolute atomic E-state index is 0.259. The van der Waals surface area contributed by atoms with E-state index in [4.69, 9.17) is 10.5 Å². The van der Waals surface area contributed by atoms with E-state index < -0.39 is 11.9 Å². The Hall–Kier alpha value is -2.50. The number of hydrogen-bond donors (Lipinski definition) is 3. The maximum absolute atomic E-state index is 11.3. The van der Waals surface area contributed by atoms with Gasteiger partial charge in [-0.05, 0) is 12.1 Å². The zero-order valence-electron chi connectivity index (χ0n) is 9.81. The van der Waals surface area contributed by atoms with Crippen LogP contribution >= 0.6 is 0 Å². The van der Waals surface area contributed by atoms with E-state index in [0.29, 0.717) is 11.4 Å². The van der Waals surface area contributed by atoms with Gasteiger partial charge in [0.15, 0.2) is 6.61 Å². The highest BCUT2D eigenvalue weighted by molar-refractivity contribution is 5.95. The SMILES string of the molecule is C=CCNC(=O)NC(=O)COc1cccc(N)c1. The molecule has 96 valence electrons. The van der Waals surface area contributed by atoms with Crippen LogP contribution < -0.4 is 21.1 Å². The molecule has 1 rings (SSSR count). The van der Waals surface area contributed by atoms with Gasteiger partial charge in [-0.15, -0.1) is 6.58 Å². The second-order valence-electron chi connectivity index (χ2n) is 3.41. The molecule has 0 saturated heterocycles. The number of imide groups is 1. The van der Waals surface area contributed by atoms with Crippen LogP contribution in [0.25, 0.3) is 0 Å². The minimum atomic E-state index is -0.587. The lowest BCUT2D eigenvalue weighted by atomic mass is 10.3. The molecule has 0 fully saturated rings. The summed E-state index contributed by atoms with van der Waals surface area (Å²) in [5, 5.41) is 4.51. The van der Waals surface area contributed by atoms with E-state index in [1.54, 1.807) is 24.3 Å². The lowest BCUT2D eigenvalue weighted by molar-refractivity contribution is -0.122. The van der Waals surface area contributed by atoms with Gasteiger partial charge in [-0.2, -0.15) is 0 Å². The Balaban J connectivity index is 2.33. The standard InChI is InChI=1S/C12H15N3O3/c1-2-6-14-12(17)15-11(16)8-18-10-5-3-4-9(13)7-10/h2-5,7H,1,6,8,13H2,(H2,14,15,16,17). The summed E-state index contributed by atoms with van der Waals surface area (Å²) < 4.78 is 5.16. The van der Waals surface area contributed by atoms with Crippen LogP contribution in [0.3, 0.4) is 0 Å². The fourth-order valence-electron chi connectivity index (χ4n) is 1.12. The third kappa shape index (κ3) is 5.02. The Labute approximate surface area is 105 Å². The zero-order valence-corrected chi connectivity index (χ0v) is 9.81. The van der Waals surface area contributed by atoms with Crippen molar-refractivity contribution in [2.75, 3.05) is 18.9 Å². The average Bonchev–Trinajstić information content (AvgIpc) is 2.34. The molecule has 0 unspecified atom stereocenters. The first-order valence-electron chi connectivity index (χ1n) is 5.28. The van der Waals surface area contributed by atoms with Gasteiger partial charge in [0.1, 0.15) is 5.75 Å². The molecule has 6 nitrogen and oxygen atoms in total. The number of amides is 3. The molecular weight excluding hydrogens is 234 g/mol. The fraction of sp³-hybridized carbons (Fsp3) is 0.167. The molecule has 0 aliphatic heterocycles. The second-order valence-corrected chi connectivity index (χ2v) is 3.41. The van der Waals surface area contributed by atoms with E-state index in [9.17, 15) is 9.59 Å². The molecule has 18 heavy (non-hydrogen) atoms. The molecule has 0 spiro atoms. The molecule has 4 N–H and O–H groups in total. The van der Waals surface area contributed by atoms with Gasteiger partial charge in [0.25, 0.3) is 5.91 Å². The highest BCUT2D eigenvalue weighted by Gasteiger charge is 2.07. The van der Waals surface area contributed by atoms with Gasteiger partial charge < -0.3 is 15.8 Å². The smallest absolute Gasteiger partial charge is 0.321 e. The van der Waals surface area contributed by atoms with E-state index in [2.05, 4.69) is 17.2 Å². The van der Waals surface area contributed by atoms with Crippen LogP contribution in [0, 0.1) is 0 Å². The molecule has 0 saturated carbocycles. The molecule has 0 radical (unpaired) electrons. The van der Waals surface area contributed by atoms with Crippen LogP contribution in [0.4, 0.5) is 10.5 Å². The summed E-state index contributed by atoms with van der Waals surface area (Å²) in [5.41, 5.74) is 6.09. The summed E-state index contributed by atoms with van der Waals surface area (Å²) in [6.07, 6.45) is 1.51. The van der Waals surface area contributed by atoms with Crippen molar-refractivity contribution in [3.05, 3.63) is 36.9 Å². The van der Waals surface area contributed by atoms with Crippen molar-refractivity contribution in [1.29, 1.82) is 0 Å². The number of carbonyl (C=O) groups excluding carboxylic acids is 2. The number of nitrogens with two attached hydrogens (primary N) is 1. The van der Waals surface area contributed by atoms with Gasteiger partial charge in [0.2, 0.25) is 0 Å². The maximum atomic E-state index is 11.3. The number of anilines is 1. The molecule has 0 aromatic heterocycles. The third-order valence-corrected chi connectivity index (χ3v) is 1.89. The molecule has 1 aromatic carbocycles. The van der Waals surface area contributed by atoms with E-state index in [0.717, 1.165) is 0 Å². The van der Waals surface area contributed by atoms with E-state index >= 15 is 0 Å². The zero-order chi connectivity index (χ0) is 13.4. The summed E-state index contributed by atoms with van der Waals surface area (Å²) in [6.45, 7) is 3.46. The highest BCUT2D eigenvalue weighted by Crippen LogP contribution is 2.13. The Morgan fingerprint density at radius 3 is 2.89 bits per heavy atom. The van der Waals surface area contributed by atoms with Crippen LogP contribution in [-0.2, 0) is 4.79 Å². The van der Waals surface area contributed by atoms with Crippen molar-refractivity contribution >= 4 is 17.6 Å². The number of benzene rings is 1. The average molecular weight is 249 g/mol. The lowest BCUT2D eigenvalue weighted by Gasteiger charge is -2.07. The Morgan fingerprint density at radius 2 is 2.22 bits per heavy atom. The number of hydrogen-bond acceptors (Lipinski definition) is 4. The second kappa shape index (κ2) is 6.95. The Bertz CT molecular complexity index is 446. The maximum Gasteiger partial charge on any atom is 0.321 e. The molecule has 6 heteroatoms. The van der Waals surface area contributed by atoms with Crippen molar-refractivity contribution < 1.29 is 14.3 Å². The topological polar surface area (TPSA) is 93.5 Å². The molecule has 0 aliphatic rings. The Kier molecular flexibility index (Phi) is 5.24. The summed E-state index contributed by atoms with van der Waals surface area (Å²) in [7, 11) is 0. The molecule has 0 bridgehead atoms. The normalized spacial score (nSPS) is 9.33. The van der Waals surface area contributed by atoms with Crippen molar-refractivity contribution in [3.8, 4) is 5.75 Å². The molecule has 1 aromatic rings. The first-order valence-corrected chi connectivity index (χ1v) is 5.28. The first-order chi connectivity index (χ1) is 8.61. The molecule has 3 amide bonds. The molecular formula is C12H15N3O3. The first kappa shape index (κ1) is 13.6. The minimum Gasteiger partial charge on any atom is -0.484 e. The van der Waals surface area contributed by atoms with Crippen molar-refractivity contribution in [1.82, 2.24) is 10.6 Å². The Morgan fingerprint density at radius 1 is 1.44 bits per heavy atom. The van der Waals surface area contributed by atoms with Crippen LogP contribution in [0.1, 0.15) is 0 Å². The third-order valence-electron chi connectivity index (χ3n) is 1.89. The van der Waals surface area contributed by atoms with Gasteiger partial charge in [-0.1, -0.05) is 12.1 Å². The number of ether oxygens (including phenoxy) is 1. The predicted molar refractivity (Wildman–Crippen MR) is 68.1 cm³/mol. The number of carbonyl (C=O) groups is 2. The number of nitrogens with one attached hydrogen (secondary N) is 2.